The third-order valence-electron chi connectivity index (χ3n) is 4.97. The van der Waals surface area contributed by atoms with Gasteiger partial charge in [-0.1, -0.05) is 12.8 Å². The molecular weight excluding hydrogens is 319 g/mol. The quantitative estimate of drug-likeness (QED) is 0.682. The van der Waals surface area contributed by atoms with E-state index < -0.39 is 0 Å². The van der Waals surface area contributed by atoms with Crippen molar-refractivity contribution in [1.29, 1.82) is 5.26 Å². The lowest BCUT2D eigenvalue weighted by molar-refractivity contribution is 0.315. The van der Waals surface area contributed by atoms with E-state index in [9.17, 15) is 5.26 Å². The molecule has 2 atom stereocenters. The Balaban J connectivity index is 1.72. The molecule has 0 radical (unpaired) electrons. The third kappa shape index (κ3) is 2.59. The highest BCUT2D eigenvalue weighted by molar-refractivity contribution is 7.14. The summed E-state index contributed by atoms with van der Waals surface area (Å²) in [6, 6.07) is 4.51. The monoisotopic (exact) mass is 338 g/mol. The van der Waals surface area contributed by atoms with Crippen molar-refractivity contribution in [2.75, 3.05) is 0 Å². The van der Waals surface area contributed by atoms with E-state index >= 15 is 0 Å². The Bertz CT molecular complexity index is 899. The fraction of sp³-hybridized carbons (Fsp3) is 0.412. The molecule has 122 valence electrons. The van der Waals surface area contributed by atoms with Gasteiger partial charge in [0.25, 0.3) is 0 Å². The van der Waals surface area contributed by atoms with Gasteiger partial charge in [-0.2, -0.15) is 10.4 Å². The highest BCUT2D eigenvalue weighted by Gasteiger charge is 2.27. The highest BCUT2D eigenvalue weighted by Crippen LogP contribution is 2.36. The number of fused-ring (bicyclic) bond motifs is 1. The van der Waals surface area contributed by atoms with Crippen LogP contribution in [0.1, 0.15) is 38.1 Å². The van der Waals surface area contributed by atoms with Crippen molar-refractivity contribution in [2.45, 2.75) is 38.1 Å². The second-order valence-corrected chi connectivity index (χ2v) is 6.92. The van der Waals surface area contributed by atoms with Crippen LogP contribution in [-0.4, -0.2) is 24.1 Å². The van der Waals surface area contributed by atoms with Crippen LogP contribution in [0.4, 0.5) is 0 Å². The molecule has 0 saturated heterocycles. The van der Waals surface area contributed by atoms with E-state index in [-0.39, 0.29) is 6.04 Å². The molecule has 1 unspecified atom stereocenters. The third-order valence-corrected chi connectivity index (χ3v) is 5.39. The summed E-state index contributed by atoms with van der Waals surface area (Å²) in [7, 11) is 2.63. The average Bonchev–Trinajstić information content (AvgIpc) is 3.34. The van der Waals surface area contributed by atoms with Gasteiger partial charge in [0, 0.05) is 23.3 Å². The Labute approximate surface area is 142 Å². The molecule has 0 amide bonds. The molecule has 24 heavy (non-hydrogen) atoms. The van der Waals surface area contributed by atoms with Crippen LogP contribution < -0.4 is 0 Å². The molecule has 1 saturated carbocycles. The molecule has 7 heteroatoms. The van der Waals surface area contributed by atoms with Crippen LogP contribution in [0.25, 0.3) is 22.3 Å². The fourth-order valence-electron chi connectivity index (χ4n) is 3.75. The minimum atomic E-state index is 0.162. The van der Waals surface area contributed by atoms with Gasteiger partial charge in [-0.15, -0.1) is 0 Å². The number of rotatable bonds is 4. The molecule has 0 spiro atoms. The lowest BCUT2D eigenvalue weighted by Crippen LogP contribution is -2.17. The van der Waals surface area contributed by atoms with E-state index in [1.165, 1.54) is 25.7 Å². The Kier molecular flexibility index (Phi) is 4.03. The topological polar surface area (TPSA) is 72.3 Å². The Morgan fingerprint density at radius 1 is 1.33 bits per heavy atom. The van der Waals surface area contributed by atoms with Crippen LogP contribution in [0.15, 0.2) is 31.0 Å². The number of aromatic nitrogens is 5. The van der Waals surface area contributed by atoms with Gasteiger partial charge in [-0.25, -0.2) is 9.97 Å². The van der Waals surface area contributed by atoms with Gasteiger partial charge in [0.15, 0.2) is 0 Å². The van der Waals surface area contributed by atoms with E-state index in [1.54, 1.807) is 6.33 Å². The van der Waals surface area contributed by atoms with Crippen LogP contribution in [-0.2, 0) is 0 Å². The molecule has 4 rings (SSSR count). The summed E-state index contributed by atoms with van der Waals surface area (Å²) in [5.41, 5.74) is 2.73. The Morgan fingerprint density at radius 2 is 2.17 bits per heavy atom. The fourth-order valence-corrected chi connectivity index (χ4v) is 4.05. The molecule has 3 aromatic heterocycles. The van der Waals surface area contributed by atoms with Crippen LogP contribution in [0.3, 0.4) is 0 Å². The molecule has 0 aliphatic heterocycles. The highest BCUT2D eigenvalue weighted by atomic mass is 31.0. The molecule has 3 aromatic rings. The van der Waals surface area contributed by atoms with Crippen LogP contribution in [0, 0.1) is 17.2 Å². The summed E-state index contributed by atoms with van der Waals surface area (Å²) in [4.78, 5) is 8.78. The molecule has 0 bridgehead atoms. The van der Waals surface area contributed by atoms with Crippen molar-refractivity contribution in [3.8, 4) is 17.3 Å². The maximum Gasteiger partial charge on any atom is 0.146 e. The molecule has 1 aliphatic carbocycles. The number of nitriles is 1. The summed E-state index contributed by atoms with van der Waals surface area (Å²) in [6.07, 6.45) is 12.8. The molecular formula is C17H19N6P. The second-order valence-electron chi connectivity index (χ2n) is 6.37. The standard InChI is InChI=1S/C17H19N6P/c18-7-5-15(12-3-1-2-4-12)22-10-13(9-21-22)16-14-6-8-23(24)17(14)20-11-19-16/h6,8-12,15H,1-5,24H2/t15-/m1/s1. The van der Waals surface area contributed by atoms with Crippen molar-refractivity contribution >= 4 is 20.4 Å². The smallest absolute Gasteiger partial charge is 0.146 e. The van der Waals surface area contributed by atoms with E-state index in [2.05, 4.69) is 30.5 Å². The first kappa shape index (κ1) is 15.3. The van der Waals surface area contributed by atoms with Gasteiger partial charge < -0.3 is 4.34 Å². The molecule has 6 nitrogen and oxygen atoms in total. The Morgan fingerprint density at radius 3 is 2.96 bits per heavy atom. The molecule has 1 fully saturated rings. The van der Waals surface area contributed by atoms with Crippen molar-refractivity contribution in [2.24, 2.45) is 5.92 Å². The average molecular weight is 338 g/mol. The van der Waals surface area contributed by atoms with Gasteiger partial charge >= 0.3 is 0 Å². The van der Waals surface area contributed by atoms with Gasteiger partial charge in [0.1, 0.15) is 12.0 Å². The van der Waals surface area contributed by atoms with Gasteiger partial charge in [0.05, 0.1) is 30.4 Å². The van der Waals surface area contributed by atoms with Gasteiger partial charge in [-0.05, 0) is 34.2 Å². The maximum absolute atomic E-state index is 9.21. The van der Waals surface area contributed by atoms with Crippen molar-refractivity contribution in [1.82, 2.24) is 24.1 Å². The first-order valence-corrected chi connectivity index (χ1v) is 8.78. The molecule has 0 aromatic carbocycles. The SMILES string of the molecule is N#CC[C@H](C1CCCC1)n1cc(-c2ncnc3c2ccn3P)cn1. The summed E-state index contributed by atoms with van der Waals surface area (Å²) in [6.45, 7) is 0. The van der Waals surface area contributed by atoms with E-state index in [1.807, 2.05) is 33.7 Å². The second kappa shape index (κ2) is 6.33. The normalized spacial score (nSPS) is 16.5. The molecule has 3 heterocycles. The zero-order valence-corrected chi connectivity index (χ0v) is 14.5. The van der Waals surface area contributed by atoms with Crippen molar-refractivity contribution < 1.29 is 0 Å². The maximum atomic E-state index is 9.21. The minimum absolute atomic E-state index is 0.162. The van der Waals surface area contributed by atoms with Gasteiger partial charge in [-0.3, -0.25) is 4.68 Å². The van der Waals surface area contributed by atoms with E-state index in [4.69, 9.17) is 0 Å². The van der Waals surface area contributed by atoms with Crippen molar-refractivity contribution in [3.05, 3.63) is 31.0 Å². The van der Waals surface area contributed by atoms with Gasteiger partial charge in [0.2, 0.25) is 0 Å². The van der Waals surface area contributed by atoms with E-state index in [0.29, 0.717) is 12.3 Å². The van der Waals surface area contributed by atoms with E-state index in [0.717, 1.165) is 22.3 Å². The molecule has 1 aliphatic rings. The predicted molar refractivity (Wildman–Crippen MR) is 95.1 cm³/mol. The minimum Gasteiger partial charge on any atom is -0.317 e. The lowest BCUT2D eigenvalue weighted by atomic mass is 9.96. The number of nitrogens with zero attached hydrogens (tertiary/aromatic N) is 6. The zero-order valence-electron chi connectivity index (χ0n) is 13.3. The van der Waals surface area contributed by atoms with Crippen molar-refractivity contribution in [3.63, 3.8) is 0 Å². The van der Waals surface area contributed by atoms with Crippen LogP contribution in [0.5, 0.6) is 0 Å². The first-order valence-electron chi connectivity index (χ1n) is 8.26. The summed E-state index contributed by atoms with van der Waals surface area (Å²) < 4.78 is 3.88. The van der Waals surface area contributed by atoms with Crippen LogP contribution in [0.2, 0.25) is 0 Å². The summed E-state index contributed by atoms with van der Waals surface area (Å²) >= 11 is 0. The molecule has 0 N–H and O–H groups in total. The lowest BCUT2D eigenvalue weighted by Gasteiger charge is -2.21. The Hall–Kier alpha value is -2.25. The first-order chi connectivity index (χ1) is 11.8. The number of hydrogen-bond donors (Lipinski definition) is 0. The summed E-state index contributed by atoms with van der Waals surface area (Å²) in [5, 5.41) is 14.8. The van der Waals surface area contributed by atoms with Crippen LogP contribution >= 0.6 is 9.39 Å². The zero-order chi connectivity index (χ0) is 16.5. The predicted octanol–water partition coefficient (Wildman–Crippen LogP) is 3.58. The summed E-state index contributed by atoms with van der Waals surface area (Å²) in [5.74, 6) is 0.552. The largest absolute Gasteiger partial charge is 0.317 e. The number of hydrogen-bond acceptors (Lipinski definition) is 4.